The Kier molecular flexibility index (Phi) is 5.73. The molecule has 0 spiro atoms. The topological polar surface area (TPSA) is 52.6 Å². The van der Waals surface area contributed by atoms with Crippen LogP contribution in [-0.4, -0.2) is 25.2 Å². The third-order valence-electron chi connectivity index (χ3n) is 2.20. The number of ether oxygens (including phenoxy) is 2. The summed E-state index contributed by atoms with van der Waals surface area (Å²) in [6, 6.07) is 5.80. The first kappa shape index (κ1) is 14.9. The molecule has 0 aliphatic carbocycles. The van der Waals surface area contributed by atoms with E-state index in [4.69, 9.17) is 9.47 Å². The quantitative estimate of drug-likeness (QED) is 0.355. The van der Waals surface area contributed by atoms with Gasteiger partial charge in [0, 0.05) is 5.56 Å². The minimum atomic E-state index is -0.829. The second-order valence-electron chi connectivity index (χ2n) is 3.52. The van der Waals surface area contributed by atoms with Gasteiger partial charge in [-0.1, -0.05) is 18.2 Å². The molecule has 0 amide bonds. The van der Waals surface area contributed by atoms with E-state index in [1.807, 2.05) is 0 Å². The van der Waals surface area contributed by atoms with E-state index in [-0.39, 0.29) is 24.4 Å². The lowest BCUT2D eigenvalue weighted by Crippen LogP contribution is -2.18. The Bertz CT molecular complexity index is 474. The van der Waals surface area contributed by atoms with Gasteiger partial charge < -0.3 is 9.47 Å². The molecule has 1 aromatic rings. The lowest BCUT2D eigenvalue weighted by Gasteiger charge is -2.06. The Morgan fingerprint density at radius 1 is 1.11 bits per heavy atom. The monoisotopic (exact) mass is 266 g/mol. The van der Waals surface area contributed by atoms with Gasteiger partial charge in [-0.25, -0.2) is 14.0 Å². The molecular weight excluding hydrogens is 251 g/mol. The molecule has 0 unspecified atom stereocenters. The maximum atomic E-state index is 13.5. The zero-order valence-corrected chi connectivity index (χ0v) is 10.8. The second kappa shape index (κ2) is 7.31. The summed E-state index contributed by atoms with van der Waals surface area (Å²) in [5.74, 6) is -2.19. The summed E-state index contributed by atoms with van der Waals surface area (Å²) < 4.78 is 23.0. The average Bonchev–Trinajstić information content (AvgIpc) is 2.38. The first-order valence-electron chi connectivity index (χ1n) is 5.90. The molecule has 0 N–H and O–H groups in total. The fourth-order valence-corrected chi connectivity index (χ4v) is 1.37. The second-order valence-corrected chi connectivity index (χ2v) is 3.52. The van der Waals surface area contributed by atoms with E-state index in [0.29, 0.717) is 0 Å². The van der Waals surface area contributed by atoms with Crippen molar-refractivity contribution in [1.29, 1.82) is 0 Å². The molecule has 19 heavy (non-hydrogen) atoms. The molecule has 0 atom stereocenters. The highest BCUT2D eigenvalue weighted by Crippen LogP contribution is 2.13. The van der Waals surface area contributed by atoms with Crippen LogP contribution >= 0.6 is 0 Å². The number of hydrogen-bond acceptors (Lipinski definition) is 4. The summed E-state index contributed by atoms with van der Waals surface area (Å²) in [7, 11) is 0. The van der Waals surface area contributed by atoms with E-state index in [1.54, 1.807) is 19.9 Å². The highest BCUT2D eigenvalue weighted by atomic mass is 19.1. The van der Waals surface area contributed by atoms with Crippen LogP contribution in [0.25, 0.3) is 6.08 Å². The van der Waals surface area contributed by atoms with Crippen LogP contribution in [-0.2, 0) is 19.1 Å². The molecule has 5 heteroatoms. The van der Waals surface area contributed by atoms with Gasteiger partial charge in [0.1, 0.15) is 11.4 Å². The zero-order valence-electron chi connectivity index (χ0n) is 10.8. The van der Waals surface area contributed by atoms with Crippen molar-refractivity contribution in [2.24, 2.45) is 0 Å². The molecule has 0 aromatic heterocycles. The molecule has 0 saturated heterocycles. The Morgan fingerprint density at radius 2 is 1.63 bits per heavy atom. The molecule has 1 aromatic carbocycles. The van der Waals surface area contributed by atoms with Crippen molar-refractivity contribution in [3.8, 4) is 0 Å². The maximum absolute atomic E-state index is 13.5. The number of benzene rings is 1. The van der Waals surface area contributed by atoms with Crippen molar-refractivity contribution < 1.29 is 23.5 Å². The Morgan fingerprint density at radius 3 is 2.11 bits per heavy atom. The van der Waals surface area contributed by atoms with Gasteiger partial charge in [0.25, 0.3) is 0 Å². The molecule has 0 bridgehead atoms. The third kappa shape index (κ3) is 4.21. The molecule has 0 radical (unpaired) electrons. The molecular formula is C14H15FO4. The molecule has 1 rings (SSSR count). The first-order chi connectivity index (χ1) is 9.10. The van der Waals surface area contributed by atoms with E-state index in [2.05, 4.69) is 0 Å². The highest BCUT2D eigenvalue weighted by Gasteiger charge is 2.21. The minimum absolute atomic E-state index is 0.118. The summed E-state index contributed by atoms with van der Waals surface area (Å²) in [5.41, 5.74) is -0.201. The number of hydrogen-bond donors (Lipinski definition) is 0. The van der Waals surface area contributed by atoms with Gasteiger partial charge in [-0.05, 0) is 26.0 Å². The first-order valence-corrected chi connectivity index (χ1v) is 5.90. The molecule has 102 valence electrons. The van der Waals surface area contributed by atoms with E-state index in [0.717, 1.165) is 6.08 Å². The minimum Gasteiger partial charge on any atom is -0.462 e. The van der Waals surface area contributed by atoms with Crippen molar-refractivity contribution in [2.75, 3.05) is 13.2 Å². The predicted octanol–water partition coefficient (Wildman–Crippen LogP) is 2.34. The molecule has 4 nitrogen and oxygen atoms in total. The van der Waals surface area contributed by atoms with Crippen LogP contribution in [0.4, 0.5) is 4.39 Å². The van der Waals surface area contributed by atoms with Crippen LogP contribution < -0.4 is 0 Å². The van der Waals surface area contributed by atoms with Gasteiger partial charge in [0.05, 0.1) is 13.2 Å². The number of halogens is 1. The van der Waals surface area contributed by atoms with Crippen molar-refractivity contribution in [3.63, 3.8) is 0 Å². The van der Waals surface area contributed by atoms with Gasteiger partial charge >= 0.3 is 11.9 Å². The van der Waals surface area contributed by atoms with Gasteiger partial charge in [0.2, 0.25) is 0 Å². The van der Waals surface area contributed by atoms with Crippen LogP contribution in [0.2, 0.25) is 0 Å². The number of rotatable bonds is 5. The van der Waals surface area contributed by atoms with Gasteiger partial charge in [-0.2, -0.15) is 0 Å². The SMILES string of the molecule is CCOC(=O)C(=Cc1ccccc1F)C(=O)OCC. The Hall–Kier alpha value is -2.17. The van der Waals surface area contributed by atoms with Crippen LogP contribution in [0.1, 0.15) is 19.4 Å². The van der Waals surface area contributed by atoms with Crippen molar-refractivity contribution >= 4 is 18.0 Å². The van der Waals surface area contributed by atoms with E-state index >= 15 is 0 Å². The molecule has 0 fully saturated rings. The number of carbonyl (C=O) groups is 2. The number of carbonyl (C=O) groups excluding carboxylic acids is 2. The normalized spacial score (nSPS) is 9.63. The molecule has 0 aliphatic rings. The molecule has 0 aliphatic heterocycles. The smallest absolute Gasteiger partial charge is 0.345 e. The largest absolute Gasteiger partial charge is 0.462 e. The molecule has 0 saturated carbocycles. The van der Waals surface area contributed by atoms with Gasteiger partial charge in [0.15, 0.2) is 0 Å². The van der Waals surface area contributed by atoms with E-state index < -0.39 is 17.8 Å². The zero-order chi connectivity index (χ0) is 14.3. The lowest BCUT2D eigenvalue weighted by molar-refractivity contribution is -0.146. The fourth-order valence-electron chi connectivity index (χ4n) is 1.37. The van der Waals surface area contributed by atoms with Crippen LogP contribution in [0.15, 0.2) is 29.8 Å². The predicted molar refractivity (Wildman–Crippen MR) is 67.6 cm³/mol. The fraction of sp³-hybridized carbons (Fsp3) is 0.286. The Balaban J connectivity index is 3.12. The summed E-state index contributed by atoms with van der Waals surface area (Å²) in [4.78, 5) is 23.3. The van der Waals surface area contributed by atoms with Crippen molar-refractivity contribution in [2.45, 2.75) is 13.8 Å². The summed E-state index contributed by atoms with van der Waals surface area (Å²) in [6.45, 7) is 3.47. The standard InChI is InChI=1S/C14H15FO4/c1-3-18-13(16)11(14(17)19-4-2)9-10-7-5-6-8-12(10)15/h5-9H,3-4H2,1-2H3. The summed E-state index contributed by atoms with van der Waals surface area (Å²) in [5, 5.41) is 0. The van der Waals surface area contributed by atoms with Gasteiger partial charge in [-0.15, -0.1) is 0 Å². The van der Waals surface area contributed by atoms with Crippen molar-refractivity contribution in [3.05, 3.63) is 41.2 Å². The van der Waals surface area contributed by atoms with E-state index in [9.17, 15) is 14.0 Å². The van der Waals surface area contributed by atoms with Gasteiger partial charge in [-0.3, -0.25) is 0 Å². The average molecular weight is 266 g/mol. The molecule has 0 heterocycles. The Labute approximate surface area is 110 Å². The van der Waals surface area contributed by atoms with E-state index in [1.165, 1.54) is 18.2 Å². The van der Waals surface area contributed by atoms with Crippen LogP contribution in [0, 0.1) is 5.82 Å². The summed E-state index contributed by atoms with van der Waals surface area (Å²) >= 11 is 0. The highest BCUT2D eigenvalue weighted by molar-refractivity contribution is 6.17. The summed E-state index contributed by atoms with van der Waals surface area (Å²) in [6.07, 6.45) is 1.13. The number of esters is 2. The lowest BCUT2D eigenvalue weighted by atomic mass is 10.1. The maximum Gasteiger partial charge on any atom is 0.345 e. The van der Waals surface area contributed by atoms with Crippen LogP contribution in [0.3, 0.4) is 0 Å². The van der Waals surface area contributed by atoms with Crippen LogP contribution in [0.5, 0.6) is 0 Å². The van der Waals surface area contributed by atoms with Crippen molar-refractivity contribution in [1.82, 2.24) is 0 Å². The third-order valence-corrected chi connectivity index (χ3v) is 2.20.